The van der Waals surface area contributed by atoms with E-state index in [0.29, 0.717) is 11.4 Å². The first-order valence-electron chi connectivity index (χ1n) is 15.7. The van der Waals surface area contributed by atoms with Crippen molar-refractivity contribution in [1.29, 1.82) is 0 Å². The molecule has 1 amide bonds. The number of ether oxygens (including phenoxy) is 2. The maximum Gasteiger partial charge on any atom is 0.412 e. The minimum absolute atomic E-state index is 0.0368. The Labute approximate surface area is 276 Å². The summed E-state index contributed by atoms with van der Waals surface area (Å²) in [6.45, 7) is 14.3. The number of aromatic nitrogens is 1. The van der Waals surface area contributed by atoms with Gasteiger partial charge in [0.15, 0.2) is 0 Å². The van der Waals surface area contributed by atoms with E-state index < -0.39 is 17.7 Å². The van der Waals surface area contributed by atoms with Gasteiger partial charge in [-0.15, -0.1) is 0 Å². The van der Waals surface area contributed by atoms with Crippen molar-refractivity contribution in [1.82, 2.24) is 9.88 Å². The Balaban J connectivity index is 1.27. The molecule has 0 radical (unpaired) electrons. The predicted molar refractivity (Wildman–Crippen MR) is 182 cm³/mol. The highest BCUT2D eigenvalue weighted by Gasteiger charge is 2.29. The number of rotatable bonds is 8. The largest absolute Gasteiger partial charge is 0.478 e. The third-order valence-electron chi connectivity index (χ3n) is 8.31. The highest BCUT2D eigenvalue weighted by molar-refractivity contribution is 6.30. The molecule has 0 bridgehead atoms. The predicted octanol–water partition coefficient (Wildman–Crippen LogP) is 8.36. The fourth-order valence-electron chi connectivity index (χ4n) is 5.96. The fraction of sp³-hybridized carbons (Fsp3) is 0.417. The SMILES string of the molecule is CC1(C)CCC(CN2CCN(c3ccc(C(=O)O)c(Oc4cncc(NC(=O)OC(C)(C)C)c4)c3)CC2)=C(c2ccc(Cl)cc2)C1. The first-order valence-corrected chi connectivity index (χ1v) is 16.1. The molecule has 1 aliphatic heterocycles. The molecule has 2 aliphatic rings. The second-order valence-electron chi connectivity index (χ2n) is 13.8. The summed E-state index contributed by atoms with van der Waals surface area (Å²) in [4.78, 5) is 33.2. The first kappa shape index (κ1) is 33.3. The lowest BCUT2D eigenvalue weighted by Crippen LogP contribution is -2.47. The van der Waals surface area contributed by atoms with Crippen molar-refractivity contribution in [3.05, 3.63) is 82.6 Å². The molecule has 3 aromatic rings. The standard InChI is InChI=1S/C36H43ClN4O5/c1-35(2,3)46-34(44)39-27-18-29(22-38-21-27)45-32-19-28(10-11-30(32)33(42)43)41-16-14-40(15-17-41)23-25-12-13-36(4,5)20-31(25)24-6-8-26(37)9-7-24/h6-11,18-19,21-22H,12-17,20,23H2,1-5H3,(H,39,44)(H,42,43). The number of benzene rings is 2. The molecular weight excluding hydrogens is 604 g/mol. The molecule has 1 fully saturated rings. The van der Waals surface area contributed by atoms with Crippen LogP contribution >= 0.6 is 11.6 Å². The lowest BCUT2D eigenvalue weighted by molar-refractivity contribution is 0.0634. The van der Waals surface area contributed by atoms with E-state index in [2.05, 4.69) is 46.1 Å². The lowest BCUT2D eigenvalue weighted by Gasteiger charge is -2.39. The molecule has 2 heterocycles. The van der Waals surface area contributed by atoms with Gasteiger partial charge in [0.2, 0.25) is 0 Å². The molecule has 0 unspecified atom stereocenters. The van der Waals surface area contributed by atoms with Crippen LogP contribution in [0.4, 0.5) is 16.2 Å². The van der Waals surface area contributed by atoms with Crippen molar-refractivity contribution < 1.29 is 24.2 Å². The van der Waals surface area contributed by atoms with Crippen LogP contribution in [0.25, 0.3) is 5.57 Å². The number of halogens is 1. The fourth-order valence-corrected chi connectivity index (χ4v) is 6.08. The zero-order chi connectivity index (χ0) is 33.1. The number of allylic oxidation sites excluding steroid dienone is 1. The average Bonchev–Trinajstić information content (AvgIpc) is 2.98. The zero-order valence-electron chi connectivity index (χ0n) is 27.2. The second-order valence-corrected chi connectivity index (χ2v) is 14.3. The number of piperazine rings is 1. The van der Waals surface area contributed by atoms with E-state index in [1.54, 1.807) is 39.0 Å². The van der Waals surface area contributed by atoms with Gasteiger partial charge >= 0.3 is 12.1 Å². The third-order valence-corrected chi connectivity index (χ3v) is 8.56. The molecule has 0 atom stereocenters. The Morgan fingerprint density at radius 3 is 2.41 bits per heavy atom. The summed E-state index contributed by atoms with van der Waals surface area (Å²) in [7, 11) is 0. The molecule has 5 rings (SSSR count). The van der Waals surface area contributed by atoms with E-state index in [1.807, 2.05) is 18.2 Å². The third kappa shape index (κ3) is 8.79. The van der Waals surface area contributed by atoms with Crippen LogP contribution in [0.1, 0.15) is 69.8 Å². The van der Waals surface area contributed by atoms with E-state index in [9.17, 15) is 14.7 Å². The Kier molecular flexibility index (Phi) is 9.93. The Morgan fingerprint density at radius 2 is 1.74 bits per heavy atom. The number of hydrogen-bond donors (Lipinski definition) is 2. The van der Waals surface area contributed by atoms with Gasteiger partial charge in [0.1, 0.15) is 22.7 Å². The van der Waals surface area contributed by atoms with E-state index in [0.717, 1.165) is 56.3 Å². The van der Waals surface area contributed by atoms with Gasteiger partial charge in [-0.1, -0.05) is 43.2 Å². The van der Waals surface area contributed by atoms with Gasteiger partial charge in [0.05, 0.1) is 18.1 Å². The minimum Gasteiger partial charge on any atom is -0.478 e. The number of amides is 1. The topological polar surface area (TPSA) is 104 Å². The number of anilines is 2. The summed E-state index contributed by atoms with van der Waals surface area (Å²) in [5.41, 5.74) is 5.12. The van der Waals surface area contributed by atoms with Gasteiger partial charge in [0, 0.05) is 55.6 Å². The number of carbonyl (C=O) groups excluding carboxylic acids is 1. The van der Waals surface area contributed by atoms with E-state index in [1.165, 1.54) is 35.5 Å². The number of carbonyl (C=O) groups is 2. The maximum absolute atomic E-state index is 12.2. The lowest BCUT2D eigenvalue weighted by atomic mass is 9.72. The van der Waals surface area contributed by atoms with Crippen LogP contribution in [0, 0.1) is 5.41 Å². The quantitative estimate of drug-likeness (QED) is 0.252. The van der Waals surface area contributed by atoms with Gasteiger partial charge in [0.25, 0.3) is 0 Å². The zero-order valence-corrected chi connectivity index (χ0v) is 28.0. The number of pyridine rings is 1. The molecule has 46 heavy (non-hydrogen) atoms. The van der Waals surface area contributed by atoms with Crippen LogP contribution in [0.2, 0.25) is 5.02 Å². The van der Waals surface area contributed by atoms with Crippen LogP contribution in [-0.4, -0.2) is 65.4 Å². The highest BCUT2D eigenvalue weighted by Crippen LogP contribution is 2.43. The van der Waals surface area contributed by atoms with Crippen molar-refractivity contribution in [3.8, 4) is 11.5 Å². The van der Waals surface area contributed by atoms with Gasteiger partial charge in [-0.2, -0.15) is 0 Å². The smallest absolute Gasteiger partial charge is 0.412 e. The Morgan fingerprint density at radius 1 is 1.02 bits per heavy atom. The summed E-state index contributed by atoms with van der Waals surface area (Å²) in [6, 6.07) is 15.0. The van der Waals surface area contributed by atoms with Crippen LogP contribution in [0.5, 0.6) is 11.5 Å². The van der Waals surface area contributed by atoms with Crippen molar-refractivity contribution in [2.24, 2.45) is 5.41 Å². The van der Waals surface area contributed by atoms with Gasteiger partial charge in [-0.3, -0.25) is 15.2 Å². The molecule has 0 saturated carbocycles. The van der Waals surface area contributed by atoms with Gasteiger partial charge in [-0.25, -0.2) is 9.59 Å². The number of nitrogens with zero attached hydrogens (tertiary/aromatic N) is 3. The monoisotopic (exact) mass is 646 g/mol. The maximum atomic E-state index is 12.2. The van der Waals surface area contributed by atoms with Crippen LogP contribution in [0.3, 0.4) is 0 Å². The van der Waals surface area contributed by atoms with Crippen molar-refractivity contribution in [2.45, 2.75) is 59.5 Å². The van der Waals surface area contributed by atoms with Crippen molar-refractivity contribution in [3.63, 3.8) is 0 Å². The van der Waals surface area contributed by atoms with Crippen molar-refractivity contribution >= 4 is 40.6 Å². The molecule has 1 aliphatic carbocycles. The molecule has 10 heteroatoms. The summed E-state index contributed by atoms with van der Waals surface area (Å²) >= 11 is 6.19. The molecule has 1 saturated heterocycles. The molecule has 244 valence electrons. The Bertz CT molecular complexity index is 1610. The average molecular weight is 647 g/mol. The van der Waals surface area contributed by atoms with Crippen LogP contribution in [-0.2, 0) is 4.74 Å². The molecule has 2 N–H and O–H groups in total. The molecule has 9 nitrogen and oxygen atoms in total. The number of nitrogens with one attached hydrogen (secondary N) is 1. The number of hydrogen-bond acceptors (Lipinski definition) is 7. The number of carboxylic acids is 1. The van der Waals surface area contributed by atoms with Gasteiger partial charge < -0.3 is 19.5 Å². The summed E-state index contributed by atoms with van der Waals surface area (Å²) in [6.07, 6.45) is 5.63. The Hall–Kier alpha value is -4.08. The second kappa shape index (κ2) is 13.7. The number of carboxylic acid groups (broad SMARTS) is 1. The van der Waals surface area contributed by atoms with Crippen LogP contribution in [0.15, 0.2) is 66.5 Å². The summed E-state index contributed by atoms with van der Waals surface area (Å²) in [5.74, 6) is -0.604. The van der Waals surface area contributed by atoms with E-state index in [-0.39, 0.29) is 16.7 Å². The van der Waals surface area contributed by atoms with Crippen LogP contribution < -0.4 is 15.0 Å². The summed E-state index contributed by atoms with van der Waals surface area (Å²) in [5, 5.41) is 13.3. The molecule has 0 spiro atoms. The first-order chi connectivity index (χ1) is 21.7. The van der Waals surface area contributed by atoms with Crippen molar-refractivity contribution in [2.75, 3.05) is 42.9 Å². The highest BCUT2D eigenvalue weighted by atomic mass is 35.5. The van der Waals surface area contributed by atoms with E-state index in [4.69, 9.17) is 21.1 Å². The van der Waals surface area contributed by atoms with Gasteiger partial charge in [-0.05, 0) is 80.9 Å². The molecule has 2 aromatic carbocycles. The molecule has 1 aromatic heterocycles. The summed E-state index contributed by atoms with van der Waals surface area (Å²) < 4.78 is 11.3. The minimum atomic E-state index is -1.09. The molecular formula is C36H43ClN4O5. The van der Waals surface area contributed by atoms with E-state index >= 15 is 0 Å². The normalized spacial score (nSPS) is 17.0. The number of aromatic carboxylic acids is 1.